The number of alkyl halides is 3. The third kappa shape index (κ3) is 2.38. The van der Waals surface area contributed by atoms with E-state index >= 15 is 0 Å². The van der Waals surface area contributed by atoms with E-state index in [9.17, 15) is 18.3 Å². The molecule has 1 unspecified atom stereocenters. The van der Waals surface area contributed by atoms with Gasteiger partial charge in [0, 0.05) is 13.0 Å². The first-order valence-electron chi connectivity index (χ1n) is 4.98. The molecule has 1 aromatic rings. The van der Waals surface area contributed by atoms with Gasteiger partial charge in [-0.25, -0.2) is 0 Å². The van der Waals surface area contributed by atoms with Gasteiger partial charge < -0.3 is 14.8 Å². The highest BCUT2D eigenvalue weighted by Crippen LogP contribution is 2.32. The molecule has 0 bridgehead atoms. The zero-order valence-electron chi connectivity index (χ0n) is 8.47. The van der Waals surface area contributed by atoms with Crippen LogP contribution < -0.4 is 5.32 Å². The number of hydrogen-bond donors (Lipinski definition) is 2. The van der Waals surface area contributed by atoms with Crippen molar-refractivity contribution in [3.05, 3.63) is 23.7 Å². The van der Waals surface area contributed by atoms with E-state index < -0.39 is 17.5 Å². The van der Waals surface area contributed by atoms with Crippen LogP contribution in [-0.2, 0) is 12.6 Å². The first kappa shape index (κ1) is 11.5. The van der Waals surface area contributed by atoms with Crippen LogP contribution >= 0.6 is 0 Å². The largest absolute Gasteiger partial charge is 0.456 e. The van der Waals surface area contributed by atoms with Gasteiger partial charge in [0.05, 0.1) is 5.60 Å². The Morgan fingerprint density at radius 3 is 2.69 bits per heavy atom. The van der Waals surface area contributed by atoms with E-state index in [0.717, 1.165) is 6.07 Å². The van der Waals surface area contributed by atoms with Gasteiger partial charge in [-0.05, 0) is 25.1 Å². The highest BCUT2D eigenvalue weighted by molar-refractivity contribution is 5.12. The second-order valence-corrected chi connectivity index (χ2v) is 4.09. The summed E-state index contributed by atoms with van der Waals surface area (Å²) in [6.07, 6.45) is -3.83. The van der Waals surface area contributed by atoms with Crippen LogP contribution in [0.5, 0.6) is 0 Å². The van der Waals surface area contributed by atoms with E-state index in [1.807, 2.05) is 0 Å². The second kappa shape index (κ2) is 3.78. The van der Waals surface area contributed by atoms with Gasteiger partial charge in [-0.1, -0.05) is 0 Å². The summed E-state index contributed by atoms with van der Waals surface area (Å²) in [6.45, 7) is 1.05. The second-order valence-electron chi connectivity index (χ2n) is 4.09. The summed E-state index contributed by atoms with van der Waals surface area (Å²) < 4.78 is 41.4. The van der Waals surface area contributed by atoms with Crippen LogP contribution in [0.15, 0.2) is 16.5 Å². The Morgan fingerprint density at radius 2 is 2.19 bits per heavy atom. The molecule has 2 heterocycles. The van der Waals surface area contributed by atoms with Crippen molar-refractivity contribution in [1.29, 1.82) is 0 Å². The molecule has 0 spiro atoms. The van der Waals surface area contributed by atoms with Crippen molar-refractivity contribution in [3.8, 4) is 0 Å². The average molecular weight is 235 g/mol. The molecule has 1 fully saturated rings. The Hall–Kier alpha value is -1.01. The number of halogens is 3. The summed E-state index contributed by atoms with van der Waals surface area (Å²) >= 11 is 0. The zero-order valence-corrected chi connectivity index (χ0v) is 8.47. The summed E-state index contributed by atoms with van der Waals surface area (Å²) in [5.74, 6) is -0.851. The van der Waals surface area contributed by atoms with E-state index in [1.165, 1.54) is 6.07 Å². The summed E-state index contributed by atoms with van der Waals surface area (Å²) in [5.41, 5.74) is -0.985. The highest BCUT2D eigenvalue weighted by Gasteiger charge is 2.37. The molecule has 1 atom stereocenters. The Labute approximate surface area is 90.3 Å². The summed E-state index contributed by atoms with van der Waals surface area (Å²) in [7, 11) is 0. The molecule has 0 saturated carbocycles. The first-order chi connectivity index (χ1) is 7.39. The Morgan fingerprint density at radius 1 is 1.44 bits per heavy atom. The maximum absolute atomic E-state index is 12.2. The van der Waals surface area contributed by atoms with Crippen LogP contribution in [0.25, 0.3) is 0 Å². The minimum Gasteiger partial charge on any atom is -0.456 e. The van der Waals surface area contributed by atoms with Gasteiger partial charge in [-0.3, -0.25) is 0 Å². The van der Waals surface area contributed by atoms with Crippen LogP contribution in [0.3, 0.4) is 0 Å². The lowest BCUT2D eigenvalue weighted by molar-refractivity contribution is -0.153. The quantitative estimate of drug-likeness (QED) is 0.817. The van der Waals surface area contributed by atoms with Gasteiger partial charge >= 0.3 is 6.18 Å². The topological polar surface area (TPSA) is 45.4 Å². The van der Waals surface area contributed by atoms with E-state index in [2.05, 4.69) is 9.73 Å². The monoisotopic (exact) mass is 235 g/mol. The molecule has 1 saturated heterocycles. The summed E-state index contributed by atoms with van der Waals surface area (Å²) in [4.78, 5) is 0. The maximum Gasteiger partial charge on any atom is 0.449 e. The van der Waals surface area contributed by atoms with Crippen molar-refractivity contribution in [3.63, 3.8) is 0 Å². The summed E-state index contributed by atoms with van der Waals surface area (Å²) in [5, 5.41) is 12.9. The minimum atomic E-state index is -4.46. The Kier molecular flexibility index (Phi) is 2.71. The highest BCUT2D eigenvalue weighted by atomic mass is 19.4. The molecule has 90 valence electrons. The molecule has 0 radical (unpaired) electrons. The lowest BCUT2D eigenvalue weighted by Crippen LogP contribution is -2.33. The van der Waals surface area contributed by atoms with Crippen molar-refractivity contribution in [2.75, 3.05) is 13.1 Å². The zero-order chi connectivity index (χ0) is 11.8. The molecule has 1 aromatic heterocycles. The van der Waals surface area contributed by atoms with E-state index in [-0.39, 0.29) is 12.2 Å². The lowest BCUT2D eigenvalue weighted by Gasteiger charge is -2.19. The number of β-amino-alcohol motifs (C(OH)–C–C–N with tert-alkyl or cyclic N) is 1. The smallest absolute Gasteiger partial charge is 0.449 e. The van der Waals surface area contributed by atoms with Gasteiger partial charge in [0.1, 0.15) is 5.76 Å². The van der Waals surface area contributed by atoms with Crippen molar-refractivity contribution in [2.24, 2.45) is 0 Å². The molecule has 2 N–H and O–H groups in total. The third-order valence-corrected chi connectivity index (χ3v) is 2.67. The van der Waals surface area contributed by atoms with Crippen LogP contribution in [0.4, 0.5) is 13.2 Å². The number of rotatable bonds is 2. The maximum atomic E-state index is 12.2. The molecular formula is C10H12F3NO2. The van der Waals surface area contributed by atoms with Gasteiger partial charge in [-0.15, -0.1) is 0 Å². The van der Waals surface area contributed by atoms with E-state index in [0.29, 0.717) is 19.5 Å². The minimum absolute atomic E-state index is 0.107. The van der Waals surface area contributed by atoms with Gasteiger partial charge in [0.15, 0.2) is 0 Å². The fourth-order valence-electron chi connectivity index (χ4n) is 1.83. The van der Waals surface area contributed by atoms with Gasteiger partial charge in [0.2, 0.25) is 5.76 Å². The van der Waals surface area contributed by atoms with Crippen LogP contribution in [0.1, 0.15) is 17.9 Å². The third-order valence-electron chi connectivity index (χ3n) is 2.67. The molecule has 1 aliphatic rings. The van der Waals surface area contributed by atoms with E-state index in [4.69, 9.17) is 0 Å². The lowest BCUT2D eigenvalue weighted by atomic mass is 9.98. The SMILES string of the molecule is OC1(Cc2ccc(C(F)(F)F)o2)CCNC1. The number of hydrogen-bond acceptors (Lipinski definition) is 3. The average Bonchev–Trinajstić information content (AvgIpc) is 2.74. The van der Waals surface area contributed by atoms with E-state index in [1.54, 1.807) is 0 Å². The van der Waals surface area contributed by atoms with Crippen LogP contribution in [0.2, 0.25) is 0 Å². The van der Waals surface area contributed by atoms with Crippen molar-refractivity contribution in [2.45, 2.75) is 24.6 Å². The molecule has 1 aliphatic heterocycles. The van der Waals surface area contributed by atoms with Crippen molar-refractivity contribution in [1.82, 2.24) is 5.32 Å². The van der Waals surface area contributed by atoms with Crippen LogP contribution in [0, 0.1) is 0 Å². The molecule has 0 amide bonds. The molecule has 16 heavy (non-hydrogen) atoms. The first-order valence-corrected chi connectivity index (χ1v) is 4.98. The molecule has 2 rings (SSSR count). The molecular weight excluding hydrogens is 223 g/mol. The molecule has 0 aromatic carbocycles. The molecule has 0 aliphatic carbocycles. The Balaban J connectivity index is 2.08. The van der Waals surface area contributed by atoms with Crippen molar-refractivity contribution < 1.29 is 22.7 Å². The normalized spacial score (nSPS) is 26.2. The number of nitrogens with one attached hydrogen (secondary N) is 1. The predicted molar refractivity (Wildman–Crippen MR) is 49.9 cm³/mol. The Bertz CT molecular complexity index is 366. The predicted octanol–water partition coefficient (Wildman–Crippen LogP) is 1.57. The number of aliphatic hydroxyl groups is 1. The van der Waals surface area contributed by atoms with Gasteiger partial charge in [-0.2, -0.15) is 13.2 Å². The molecule has 3 nitrogen and oxygen atoms in total. The van der Waals surface area contributed by atoms with Gasteiger partial charge in [0.25, 0.3) is 0 Å². The summed E-state index contributed by atoms with van der Waals surface area (Å²) in [6, 6.07) is 2.15. The standard InChI is InChI=1S/C10H12F3NO2/c11-10(12,13)8-2-1-7(16-8)5-9(15)3-4-14-6-9/h1-2,14-15H,3-6H2. The number of furan rings is 1. The fourth-order valence-corrected chi connectivity index (χ4v) is 1.83. The molecule has 6 heteroatoms. The van der Waals surface area contributed by atoms with Crippen LogP contribution in [-0.4, -0.2) is 23.8 Å². The van der Waals surface area contributed by atoms with Crippen molar-refractivity contribution >= 4 is 0 Å². The fraction of sp³-hybridized carbons (Fsp3) is 0.600.